The second-order valence-electron chi connectivity index (χ2n) is 19.9. The average molecular weight is 755 g/mol. The number of nitrogens with one attached hydrogen (secondary N) is 1. The molecule has 0 bridgehead atoms. The van der Waals surface area contributed by atoms with Crippen LogP contribution >= 0.6 is 0 Å². The van der Waals surface area contributed by atoms with E-state index in [2.05, 4.69) is 52.9 Å². The number of carbonyl (C=O) groups excluding carboxylic acids is 2. The predicted octanol–water partition coefficient (Wildman–Crippen LogP) is 9.81. The molecule has 0 aliphatic heterocycles. The molecule has 0 aromatic heterocycles. The number of unbranched alkanes of at least 4 members (excludes halogenated alkanes) is 1. The van der Waals surface area contributed by atoms with Crippen molar-refractivity contribution in [3.8, 4) is 0 Å². The number of esters is 1. The molecule has 4 aliphatic rings. The molecule has 0 aromatic carbocycles. The Kier molecular flexibility index (Phi) is 17.9. The van der Waals surface area contributed by atoms with Crippen LogP contribution in [0, 0.1) is 52.3 Å². The highest BCUT2D eigenvalue weighted by Crippen LogP contribution is 2.67. The van der Waals surface area contributed by atoms with Gasteiger partial charge in [-0.05, 0) is 169 Å². The first-order valence-corrected chi connectivity index (χ1v) is 23.1. The summed E-state index contributed by atoms with van der Waals surface area (Å²) in [5.41, 5.74) is 14.2. The van der Waals surface area contributed by atoms with Crippen molar-refractivity contribution in [2.75, 3.05) is 26.2 Å². The SMILES string of the molecule is CC[C@H](CC[C@@H](C)[C@H]1CC[C@H]2[C@H]3CCC=C4C[C@@H](OC(=O)CCCC(=O)N(CCCCNCCC(C)N)CCC(C)N)CC[C@]4(C)[C@H]3CC[C@]12C)C(C)C. The Labute approximate surface area is 332 Å². The predicted molar refractivity (Wildman–Crippen MR) is 226 cm³/mol. The molecule has 3 saturated carbocycles. The molecular formula is C47H86N4O3. The fraction of sp³-hybridized carbons (Fsp3) is 0.915. The number of nitrogens with zero attached hydrogens (tertiary/aromatic N) is 1. The minimum Gasteiger partial charge on any atom is -0.462 e. The Morgan fingerprint density at radius 3 is 2.31 bits per heavy atom. The summed E-state index contributed by atoms with van der Waals surface area (Å²) in [4.78, 5) is 28.3. The maximum absolute atomic E-state index is 13.2. The van der Waals surface area contributed by atoms with Gasteiger partial charge in [0, 0.05) is 44.4 Å². The largest absolute Gasteiger partial charge is 0.462 e. The van der Waals surface area contributed by atoms with Gasteiger partial charge in [-0.2, -0.15) is 0 Å². The number of amides is 1. The molecule has 1 amide bonds. The first kappa shape index (κ1) is 45.3. The standard InChI is InChI=1S/C47H86N4O3/c1-9-37(33(2)3)19-18-34(4)41-20-21-42-40-15-12-14-38-32-39(22-26-46(38,7)43(40)23-27-47(41,42)8)54-45(53)17-13-16-44(52)51(31-25-36(6)49)30-11-10-28-50-29-24-35(5)48/h14,33-37,39-43,50H,9-13,15-32,48-49H2,1-8H3/t34-,35?,36?,37-,39+,40-,41-,42+,43+,46+,47-/m1/s1. The summed E-state index contributed by atoms with van der Waals surface area (Å²) in [6.45, 7) is 22.4. The molecule has 312 valence electrons. The lowest BCUT2D eigenvalue weighted by atomic mass is 9.49. The summed E-state index contributed by atoms with van der Waals surface area (Å²) in [5, 5.41) is 3.45. The van der Waals surface area contributed by atoms with Gasteiger partial charge in [-0.3, -0.25) is 9.59 Å². The average Bonchev–Trinajstić information content (AvgIpc) is 3.40. The van der Waals surface area contributed by atoms with E-state index in [1.807, 2.05) is 18.7 Å². The number of carbonyl (C=O) groups is 2. The van der Waals surface area contributed by atoms with E-state index in [0.717, 1.165) is 106 Å². The van der Waals surface area contributed by atoms with Gasteiger partial charge in [0.15, 0.2) is 0 Å². The Bertz CT molecular complexity index is 1190. The minimum atomic E-state index is -0.137. The molecule has 0 heterocycles. The molecule has 0 spiro atoms. The zero-order valence-corrected chi connectivity index (χ0v) is 36.4. The molecule has 0 radical (unpaired) electrons. The molecule has 3 fully saturated rings. The lowest BCUT2D eigenvalue weighted by Crippen LogP contribution is -2.48. The third-order valence-electron chi connectivity index (χ3n) is 15.6. The second kappa shape index (κ2) is 21.4. The molecule has 0 saturated heterocycles. The normalized spacial score (nSPS) is 31.7. The van der Waals surface area contributed by atoms with Gasteiger partial charge in [-0.15, -0.1) is 0 Å². The highest BCUT2D eigenvalue weighted by molar-refractivity contribution is 5.77. The van der Waals surface area contributed by atoms with Crippen LogP contribution in [0.5, 0.6) is 0 Å². The summed E-state index contributed by atoms with van der Waals surface area (Å²) in [6, 6.07) is 0.273. The fourth-order valence-corrected chi connectivity index (χ4v) is 12.2. The Morgan fingerprint density at radius 2 is 1.61 bits per heavy atom. The van der Waals surface area contributed by atoms with Crippen molar-refractivity contribution in [2.24, 2.45) is 63.7 Å². The number of hydrogen-bond donors (Lipinski definition) is 3. The van der Waals surface area contributed by atoms with Gasteiger partial charge in [-0.1, -0.05) is 66.0 Å². The molecule has 7 heteroatoms. The van der Waals surface area contributed by atoms with Crippen LogP contribution in [0.2, 0.25) is 0 Å². The first-order chi connectivity index (χ1) is 25.7. The monoisotopic (exact) mass is 755 g/mol. The quantitative estimate of drug-likeness (QED) is 0.0577. The summed E-state index contributed by atoms with van der Waals surface area (Å²) in [7, 11) is 0. The number of rotatable bonds is 22. The minimum absolute atomic E-state index is 0.0309. The second-order valence-corrected chi connectivity index (χ2v) is 19.9. The number of ether oxygens (including phenoxy) is 1. The number of hydrogen-bond acceptors (Lipinski definition) is 6. The zero-order chi connectivity index (χ0) is 39.5. The van der Waals surface area contributed by atoms with Crippen LogP contribution in [0.3, 0.4) is 0 Å². The summed E-state index contributed by atoms with van der Waals surface area (Å²) in [5.74, 6) is 5.81. The van der Waals surface area contributed by atoms with Crippen molar-refractivity contribution >= 4 is 11.9 Å². The highest BCUT2D eigenvalue weighted by atomic mass is 16.5. The van der Waals surface area contributed by atoms with Crippen LogP contribution in [0.15, 0.2) is 11.6 Å². The van der Waals surface area contributed by atoms with Gasteiger partial charge in [-0.25, -0.2) is 0 Å². The van der Waals surface area contributed by atoms with Crippen LogP contribution < -0.4 is 16.8 Å². The van der Waals surface area contributed by atoms with E-state index in [1.165, 1.54) is 57.8 Å². The molecule has 5 N–H and O–H groups in total. The lowest BCUT2D eigenvalue weighted by Gasteiger charge is -2.56. The van der Waals surface area contributed by atoms with Crippen molar-refractivity contribution in [1.82, 2.24) is 10.2 Å². The van der Waals surface area contributed by atoms with E-state index < -0.39 is 0 Å². The zero-order valence-electron chi connectivity index (χ0n) is 36.4. The molecule has 2 unspecified atom stereocenters. The van der Waals surface area contributed by atoms with Crippen LogP contribution in [-0.4, -0.2) is 61.1 Å². The smallest absolute Gasteiger partial charge is 0.306 e. The lowest BCUT2D eigenvalue weighted by molar-refractivity contribution is -0.151. The highest BCUT2D eigenvalue weighted by Gasteiger charge is 2.58. The van der Waals surface area contributed by atoms with Crippen molar-refractivity contribution in [2.45, 2.75) is 196 Å². The summed E-state index contributed by atoms with van der Waals surface area (Å²) < 4.78 is 6.16. The van der Waals surface area contributed by atoms with Crippen molar-refractivity contribution in [3.63, 3.8) is 0 Å². The van der Waals surface area contributed by atoms with Gasteiger partial charge < -0.3 is 26.4 Å². The molecular weight excluding hydrogens is 669 g/mol. The Balaban J connectivity index is 1.23. The van der Waals surface area contributed by atoms with Crippen molar-refractivity contribution in [1.29, 1.82) is 0 Å². The number of fused-ring (bicyclic) bond motifs is 5. The maximum Gasteiger partial charge on any atom is 0.306 e. The van der Waals surface area contributed by atoms with E-state index in [1.54, 1.807) is 5.57 Å². The van der Waals surface area contributed by atoms with E-state index >= 15 is 0 Å². The van der Waals surface area contributed by atoms with Gasteiger partial charge in [0.25, 0.3) is 0 Å². The van der Waals surface area contributed by atoms with E-state index in [9.17, 15) is 9.59 Å². The third-order valence-corrected chi connectivity index (χ3v) is 15.6. The number of nitrogens with two attached hydrogens (primary N) is 2. The van der Waals surface area contributed by atoms with Crippen LogP contribution in [0.4, 0.5) is 0 Å². The van der Waals surface area contributed by atoms with Gasteiger partial charge in [0.1, 0.15) is 6.10 Å². The Hall–Kier alpha value is -1.44. The number of allylic oxidation sites excluding steroid dienone is 1. The first-order valence-electron chi connectivity index (χ1n) is 23.1. The fourth-order valence-electron chi connectivity index (χ4n) is 12.2. The van der Waals surface area contributed by atoms with E-state index in [0.29, 0.717) is 31.2 Å². The van der Waals surface area contributed by atoms with Crippen LogP contribution in [0.25, 0.3) is 0 Å². The molecule has 7 nitrogen and oxygen atoms in total. The topological polar surface area (TPSA) is 111 Å². The molecule has 4 aliphatic carbocycles. The van der Waals surface area contributed by atoms with Crippen molar-refractivity contribution < 1.29 is 14.3 Å². The maximum atomic E-state index is 13.2. The van der Waals surface area contributed by atoms with E-state index in [-0.39, 0.29) is 35.5 Å². The molecule has 0 aromatic rings. The summed E-state index contributed by atoms with van der Waals surface area (Å²) in [6.07, 6.45) is 22.7. The van der Waals surface area contributed by atoms with Crippen LogP contribution in [-0.2, 0) is 14.3 Å². The van der Waals surface area contributed by atoms with Gasteiger partial charge >= 0.3 is 5.97 Å². The molecule has 4 rings (SSSR count). The van der Waals surface area contributed by atoms with E-state index in [4.69, 9.17) is 16.2 Å². The molecule has 11 atom stereocenters. The third kappa shape index (κ3) is 12.0. The van der Waals surface area contributed by atoms with Crippen LogP contribution in [0.1, 0.15) is 177 Å². The van der Waals surface area contributed by atoms with Gasteiger partial charge in [0.05, 0.1) is 0 Å². The molecule has 54 heavy (non-hydrogen) atoms. The summed E-state index contributed by atoms with van der Waals surface area (Å²) >= 11 is 0. The van der Waals surface area contributed by atoms with Gasteiger partial charge in [0.2, 0.25) is 5.91 Å². The van der Waals surface area contributed by atoms with Crippen molar-refractivity contribution in [3.05, 3.63) is 11.6 Å². The Morgan fingerprint density at radius 1 is 0.852 bits per heavy atom.